The van der Waals surface area contributed by atoms with E-state index in [0.29, 0.717) is 12.4 Å². The van der Waals surface area contributed by atoms with Crippen LogP contribution < -0.4 is 5.43 Å². The highest BCUT2D eigenvalue weighted by atomic mass is 16.5. The van der Waals surface area contributed by atoms with Gasteiger partial charge in [-0.25, -0.2) is 19.8 Å². The van der Waals surface area contributed by atoms with Crippen LogP contribution in [0.2, 0.25) is 0 Å². The van der Waals surface area contributed by atoms with Crippen molar-refractivity contribution in [2.24, 2.45) is 4.99 Å². The van der Waals surface area contributed by atoms with Crippen LogP contribution in [0, 0.1) is 0 Å². The number of allylic oxidation sites excluding steroid dienone is 1. The van der Waals surface area contributed by atoms with E-state index in [9.17, 15) is 9.90 Å². The number of hydrogen-bond acceptors (Lipinski definition) is 10. The van der Waals surface area contributed by atoms with Crippen LogP contribution in [0.3, 0.4) is 0 Å². The van der Waals surface area contributed by atoms with E-state index in [2.05, 4.69) is 15.4 Å². The summed E-state index contributed by atoms with van der Waals surface area (Å²) in [5.41, 5.74) is 4.36. The second kappa shape index (κ2) is 11.1. The predicted molar refractivity (Wildman–Crippen MR) is 120 cm³/mol. The quantitative estimate of drug-likeness (QED) is 0.429. The van der Waals surface area contributed by atoms with E-state index >= 15 is 0 Å². The monoisotopic (exact) mass is 445 g/mol. The van der Waals surface area contributed by atoms with Crippen LogP contribution in [-0.4, -0.2) is 84.6 Å². The number of ether oxygens (including phenoxy) is 1. The van der Waals surface area contributed by atoms with Crippen LogP contribution in [0.1, 0.15) is 28.6 Å². The number of rotatable bonds is 7. The number of hydrogen-bond donors (Lipinski definition) is 3. The fourth-order valence-corrected chi connectivity index (χ4v) is 2.58. The number of nitrogens with zero attached hydrogens (tertiary/aromatic N) is 4. The summed E-state index contributed by atoms with van der Waals surface area (Å²) in [5, 5.41) is 19.7. The second-order valence-corrected chi connectivity index (χ2v) is 7.22. The SMILES string of the molecule is CC(=O)O.CN(C)CCOC(=O)c1c(NN(C)C)oc(C=C2C=Nc3ncccc32)c1O. The number of aliphatic imine (C=N–C) groups is 1. The summed E-state index contributed by atoms with van der Waals surface area (Å²) in [6.45, 7) is 1.85. The molecule has 11 nitrogen and oxygen atoms in total. The number of anilines is 1. The number of aliphatic carboxylic acids is 1. The minimum Gasteiger partial charge on any atom is -0.504 e. The van der Waals surface area contributed by atoms with E-state index in [1.807, 2.05) is 25.1 Å². The number of carboxylic acid groups (broad SMARTS) is 1. The van der Waals surface area contributed by atoms with Crippen LogP contribution in [0.25, 0.3) is 11.6 Å². The van der Waals surface area contributed by atoms with Gasteiger partial charge in [-0.3, -0.25) is 10.2 Å². The summed E-state index contributed by atoms with van der Waals surface area (Å²) in [5.74, 6) is -0.973. The first-order valence-electron chi connectivity index (χ1n) is 9.62. The molecule has 0 spiro atoms. The van der Waals surface area contributed by atoms with Crippen molar-refractivity contribution in [3.05, 3.63) is 35.2 Å². The maximum absolute atomic E-state index is 12.5. The van der Waals surface area contributed by atoms with Crippen LogP contribution >= 0.6 is 0 Å². The van der Waals surface area contributed by atoms with Crippen molar-refractivity contribution in [3.63, 3.8) is 0 Å². The van der Waals surface area contributed by atoms with Crippen LogP contribution in [-0.2, 0) is 9.53 Å². The van der Waals surface area contributed by atoms with Crippen LogP contribution in [0.15, 0.2) is 27.7 Å². The molecule has 0 bridgehead atoms. The molecule has 0 saturated heterocycles. The zero-order valence-corrected chi connectivity index (χ0v) is 18.6. The number of nitrogens with one attached hydrogen (secondary N) is 1. The molecule has 0 atom stereocenters. The third-order valence-corrected chi connectivity index (χ3v) is 3.92. The normalized spacial score (nSPS) is 13.2. The molecule has 0 aliphatic carbocycles. The van der Waals surface area contributed by atoms with Crippen LogP contribution in [0.5, 0.6) is 5.75 Å². The lowest BCUT2D eigenvalue weighted by Crippen LogP contribution is -2.22. The number of pyridine rings is 1. The van der Waals surface area contributed by atoms with Gasteiger partial charge < -0.3 is 24.3 Å². The number of carbonyl (C=O) groups excluding carboxylic acids is 1. The number of fused-ring (bicyclic) bond motifs is 1. The lowest BCUT2D eigenvalue weighted by atomic mass is 10.1. The van der Waals surface area contributed by atoms with Gasteiger partial charge in [-0.2, -0.15) is 0 Å². The third kappa shape index (κ3) is 6.65. The molecule has 0 saturated carbocycles. The number of carboxylic acids is 1. The molecule has 1 aliphatic rings. The van der Waals surface area contributed by atoms with Gasteiger partial charge in [-0.05, 0) is 32.3 Å². The Hall–Kier alpha value is -3.70. The van der Waals surface area contributed by atoms with Crippen molar-refractivity contribution in [2.45, 2.75) is 6.92 Å². The van der Waals surface area contributed by atoms with Gasteiger partial charge in [0.1, 0.15) is 6.61 Å². The van der Waals surface area contributed by atoms with E-state index in [4.69, 9.17) is 19.1 Å². The first kappa shape index (κ1) is 24.6. The summed E-state index contributed by atoms with van der Waals surface area (Å²) in [4.78, 5) is 31.8. The zero-order chi connectivity index (χ0) is 23.8. The maximum atomic E-state index is 12.5. The van der Waals surface area contributed by atoms with E-state index in [0.717, 1.165) is 18.1 Å². The molecular weight excluding hydrogens is 418 g/mol. The number of furan rings is 1. The van der Waals surface area contributed by atoms with Crippen molar-refractivity contribution in [3.8, 4) is 5.75 Å². The van der Waals surface area contributed by atoms with Crippen molar-refractivity contribution in [1.82, 2.24) is 14.9 Å². The van der Waals surface area contributed by atoms with Crippen LogP contribution in [0.4, 0.5) is 11.7 Å². The number of aromatic nitrogens is 1. The molecule has 0 aromatic carbocycles. The molecule has 3 heterocycles. The third-order valence-electron chi connectivity index (χ3n) is 3.92. The average molecular weight is 445 g/mol. The van der Waals surface area contributed by atoms with E-state index in [1.54, 1.807) is 43.7 Å². The molecule has 2 aromatic heterocycles. The number of carbonyl (C=O) groups is 2. The smallest absolute Gasteiger partial charge is 0.347 e. The minimum absolute atomic E-state index is 0.0550. The first-order valence-corrected chi connectivity index (χ1v) is 9.62. The minimum atomic E-state index is -0.833. The Kier molecular flexibility index (Phi) is 8.50. The molecule has 172 valence electrons. The van der Waals surface area contributed by atoms with Crippen molar-refractivity contribution >= 4 is 41.5 Å². The lowest BCUT2D eigenvalue weighted by molar-refractivity contribution is -0.134. The predicted octanol–water partition coefficient (Wildman–Crippen LogP) is 2.33. The Morgan fingerprint density at radius 3 is 2.59 bits per heavy atom. The molecule has 1 aliphatic heterocycles. The summed E-state index contributed by atoms with van der Waals surface area (Å²) >= 11 is 0. The summed E-state index contributed by atoms with van der Waals surface area (Å²) in [6, 6.07) is 3.67. The van der Waals surface area contributed by atoms with Gasteiger partial charge in [0.25, 0.3) is 5.97 Å². The molecule has 3 N–H and O–H groups in total. The summed E-state index contributed by atoms with van der Waals surface area (Å²) in [6.07, 6.45) is 4.90. The van der Waals surface area contributed by atoms with E-state index in [1.165, 1.54) is 0 Å². The molecular formula is C21H27N5O6. The van der Waals surface area contributed by atoms with Crippen molar-refractivity contribution in [2.75, 3.05) is 46.8 Å². The molecule has 2 aromatic rings. The highest BCUT2D eigenvalue weighted by Crippen LogP contribution is 2.38. The molecule has 0 unspecified atom stereocenters. The number of likely N-dealkylation sites (N-methyl/N-ethyl adjacent to an activating group) is 1. The van der Waals surface area contributed by atoms with Gasteiger partial charge in [0.15, 0.2) is 22.9 Å². The molecule has 11 heteroatoms. The number of esters is 1. The largest absolute Gasteiger partial charge is 0.504 e. The number of aromatic hydroxyl groups is 1. The molecule has 32 heavy (non-hydrogen) atoms. The molecule has 0 radical (unpaired) electrons. The fourth-order valence-electron chi connectivity index (χ4n) is 2.58. The van der Waals surface area contributed by atoms with Gasteiger partial charge in [0.2, 0.25) is 5.88 Å². The average Bonchev–Trinajstić information content (AvgIpc) is 3.22. The van der Waals surface area contributed by atoms with Gasteiger partial charge >= 0.3 is 5.97 Å². The van der Waals surface area contributed by atoms with Gasteiger partial charge in [0, 0.05) is 51.1 Å². The van der Waals surface area contributed by atoms with E-state index in [-0.39, 0.29) is 29.6 Å². The fraction of sp³-hybridized carbons (Fsp3) is 0.333. The zero-order valence-electron chi connectivity index (χ0n) is 18.6. The molecule has 0 amide bonds. The van der Waals surface area contributed by atoms with Gasteiger partial charge in [-0.15, -0.1) is 0 Å². The first-order chi connectivity index (χ1) is 15.1. The Morgan fingerprint density at radius 2 is 1.97 bits per heavy atom. The lowest BCUT2D eigenvalue weighted by Gasteiger charge is -2.13. The van der Waals surface area contributed by atoms with Gasteiger partial charge in [0.05, 0.1) is 0 Å². The Labute approximate surface area is 185 Å². The Bertz CT molecular complexity index is 1020. The highest BCUT2D eigenvalue weighted by molar-refractivity contribution is 6.21. The van der Waals surface area contributed by atoms with E-state index < -0.39 is 11.9 Å². The Balaban J connectivity index is 0.000000837. The van der Waals surface area contributed by atoms with Crippen molar-refractivity contribution < 1.29 is 29.0 Å². The summed E-state index contributed by atoms with van der Waals surface area (Å²) < 4.78 is 11.0. The Morgan fingerprint density at radius 1 is 1.28 bits per heavy atom. The summed E-state index contributed by atoms with van der Waals surface area (Å²) in [7, 11) is 7.24. The maximum Gasteiger partial charge on any atom is 0.347 e. The molecule has 0 fully saturated rings. The van der Waals surface area contributed by atoms with Gasteiger partial charge in [-0.1, -0.05) is 0 Å². The standard InChI is InChI=1S/C19H23N5O4.C2H4O2/c1-23(2)8-9-27-19(26)15-16(25)14(28-18(15)22-24(3)4)10-12-11-21-17-13(12)6-5-7-20-17;1-2(3)4/h5-7,10-11,22,25H,8-9H2,1-4H3;1H3,(H,3,4). The topological polar surface area (TPSA) is 141 Å². The highest BCUT2D eigenvalue weighted by Gasteiger charge is 2.27. The number of hydrazine groups is 1. The van der Waals surface area contributed by atoms with Crippen molar-refractivity contribution in [1.29, 1.82) is 0 Å². The molecule has 3 rings (SSSR count). The second-order valence-electron chi connectivity index (χ2n) is 7.22.